The third-order valence-corrected chi connectivity index (χ3v) is 3.63. The van der Waals surface area contributed by atoms with Crippen molar-refractivity contribution in [3.63, 3.8) is 0 Å². The van der Waals surface area contributed by atoms with E-state index in [9.17, 15) is 4.79 Å². The Hall–Kier alpha value is -0.570. The van der Waals surface area contributed by atoms with E-state index in [1.54, 1.807) is 0 Å². The fraction of sp³-hybridized carbons (Fsp3) is 0.929. The Morgan fingerprint density at radius 1 is 1.35 bits per heavy atom. The van der Waals surface area contributed by atoms with Crippen molar-refractivity contribution in [1.29, 1.82) is 0 Å². The first kappa shape index (κ1) is 14.5. The molecule has 0 radical (unpaired) electrons. The van der Waals surface area contributed by atoms with Crippen LogP contribution in [0.2, 0.25) is 0 Å². The molecule has 100 valence electrons. The van der Waals surface area contributed by atoms with Crippen molar-refractivity contribution in [2.24, 2.45) is 5.92 Å². The number of unbranched alkanes of at least 4 members (excludes halogenated alkanes) is 1. The molecule has 3 heteroatoms. The van der Waals surface area contributed by atoms with Crippen LogP contribution in [0.4, 0.5) is 0 Å². The fourth-order valence-electron chi connectivity index (χ4n) is 2.31. The molecule has 1 rings (SSSR count). The van der Waals surface area contributed by atoms with Crippen LogP contribution in [-0.2, 0) is 4.79 Å². The number of carbonyl (C=O) groups excluding carboxylic acids is 1. The highest BCUT2D eigenvalue weighted by molar-refractivity contribution is 5.83. The number of amides is 1. The predicted octanol–water partition coefficient (Wildman–Crippen LogP) is 2.76. The maximum atomic E-state index is 12.2. The van der Waals surface area contributed by atoms with Gasteiger partial charge in [0.1, 0.15) is 0 Å². The SMILES string of the molecule is CCCCC1NCN(C(C)CCC(C)C)C1=O. The molecular formula is C14H28N2O. The van der Waals surface area contributed by atoms with Crippen molar-refractivity contribution in [3.8, 4) is 0 Å². The minimum absolute atomic E-state index is 0.0800. The Morgan fingerprint density at radius 2 is 2.06 bits per heavy atom. The van der Waals surface area contributed by atoms with Gasteiger partial charge in [-0.25, -0.2) is 0 Å². The van der Waals surface area contributed by atoms with Gasteiger partial charge in [0.25, 0.3) is 0 Å². The van der Waals surface area contributed by atoms with Crippen molar-refractivity contribution >= 4 is 5.91 Å². The van der Waals surface area contributed by atoms with E-state index in [4.69, 9.17) is 0 Å². The van der Waals surface area contributed by atoms with E-state index in [0.29, 0.717) is 11.9 Å². The van der Waals surface area contributed by atoms with Crippen molar-refractivity contribution in [2.45, 2.75) is 71.9 Å². The molecule has 2 atom stereocenters. The molecule has 0 saturated carbocycles. The average Bonchev–Trinajstić information content (AvgIpc) is 2.65. The van der Waals surface area contributed by atoms with E-state index in [1.807, 2.05) is 4.90 Å². The van der Waals surface area contributed by atoms with Gasteiger partial charge in [-0.1, -0.05) is 33.6 Å². The van der Waals surface area contributed by atoms with Crippen LogP contribution in [-0.4, -0.2) is 29.6 Å². The van der Waals surface area contributed by atoms with E-state index in [2.05, 4.69) is 33.0 Å². The molecule has 3 nitrogen and oxygen atoms in total. The molecule has 1 heterocycles. The number of hydrogen-bond donors (Lipinski definition) is 1. The van der Waals surface area contributed by atoms with Gasteiger partial charge in [-0.3, -0.25) is 10.1 Å². The lowest BCUT2D eigenvalue weighted by Crippen LogP contribution is -2.37. The molecule has 17 heavy (non-hydrogen) atoms. The van der Waals surface area contributed by atoms with Gasteiger partial charge >= 0.3 is 0 Å². The lowest BCUT2D eigenvalue weighted by Gasteiger charge is -2.24. The third-order valence-electron chi connectivity index (χ3n) is 3.63. The van der Waals surface area contributed by atoms with Crippen LogP contribution < -0.4 is 5.32 Å². The fourth-order valence-corrected chi connectivity index (χ4v) is 2.31. The summed E-state index contributed by atoms with van der Waals surface area (Å²) in [5.74, 6) is 1.04. The zero-order valence-electron chi connectivity index (χ0n) is 11.8. The van der Waals surface area contributed by atoms with Crippen LogP contribution in [0.5, 0.6) is 0 Å². The first-order valence-corrected chi connectivity index (χ1v) is 7.10. The summed E-state index contributed by atoms with van der Waals surface area (Å²) < 4.78 is 0. The summed E-state index contributed by atoms with van der Waals surface area (Å²) >= 11 is 0. The molecule has 0 aromatic carbocycles. The maximum absolute atomic E-state index is 12.2. The van der Waals surface area contributed by atoms with Gasteiger partial charge in [0.2, 0.25) is 5.91 Å². The molecular weight excluding hydrogens is 212 g/mol. The normalized spacial score (nSPS) is 22.5. The number of nitrogens with one attached hydrogen (secondary N) is 1. The second-order valence-electron chi connectivity index (χ2n) is 5.69. The highest BCUT2D eigenvalue weighted by Gasteiger charge is 2.32. The summed E-state index contributed by atoms with van der Waals surface area (Å²) in [5.41, 5.74) is 0. The lowest BCUT2D eigenvalue weighted by molar-refractivity contribution is -0.130. The monoisotopic (exact) mass is 240 g/mol. The van der Waals surface area contributed by atoms with E-state index < -0.39 is 0 Å². The second-order valence-corrected chi connectivity index (χ2v) is 5.69. The summed E-state index contributed by atoms with van der Waals surface area (Å²) in [5, 5.41) is 3.34. The molecule has 1 aliphatic heterocycles. The molecule has 1 saturated heterocycles. The molecule has 0 aliphatic carbocycles. The van der Waals surface area contributed by atoms with Gasteiger partial charge < -0.3 is 4.90 Å². The van der Waals surface area contributed by atoms with Crippen molar-refractivity contribution in [2.75, 3.05) is 6.67 Å². The van der Waals surface area contributed by atoms with Crippen LogP contribution >= 0.6 is 0 Å². The number of nitrogens with zero attached hydrogens (tertiary/aromatic N) is 1. The second kappa shape index (κ2) is 7.00. The van der Waals surface area contributed by atoms with Crippen molar-refractivity contribution in [3.05, 3.63) is 0 Å². The van der Waals surface area contributed by atoms with Gasteiger partial charge in [0.05, 0.1) is 12.7 Å². The summed E-state index contributed by atoms with van der Waals surface area (Å²) in [4.78, 5) is 14.2. The Bertz CT molecular complexity index is 240. The largest absolute Gasteiger partial charge is 0.326 e. The van der Waals surface area contributed by atoms with Gasteiger partial charge in [-0.2, -0.15) is 0 Å². The summed E-state index contributed by atoms with van der Waals surface area (Å²) in [6, 6.07) is 0.459. The molecule has 2 unspecified atom stereocenters. The molecule has 0 spiro atoms. The van der Waals surface area contributed by atoms with Crippen LogP contribution in [0.1, 0.15) is 59.8 Å². The Kier molecular flexibility index (Phi) is 5.96. The molecule has 1 aliphatic rings. The minimum Gasteiger partial charge on any atom is -0.326 e. The highest BCUT2D eigenvalue weighted by Crippen LogP contribution is 2.17. The van der Waals surface area contributed by atoms with E-state index in [1.165, 1.54) is 6.42 Å². The van der Waals surface area contributed by atoms with Gasteiger partial charge in [-0.15, -0.1) is 0 Å². The summed E-state index contributed by atoms with van der Waals surface area (Å²) in [6.45, 7) is 9.56. The van der Waals surface area contributed by atoms with Crippen LogP contribution in [0.3, 0.4) is 0 Å². The molecule has 1 N–H and O–H groups in total. The maximum Gasteiger partial charge on any atom is 0.241 e. The quantitative estimate of drug-likeness (QED) is 0.742. The zero-order chi connectivity index (χ0) is 12.8. The Balaban J connectivity index is 2.37. The van der Waals surface area contributed by atoms with Gasteiger partial charge in [0.15, 0.2) is 0 Å². The van der Waals surface area contributed by atoms with E-state index in [-0.39, 0.29) is 6.04 Å². The minimum atomic E-state index is 0.0800. The highest BCUT2D eigenvalue weighted by atomic mass is 16.2. The smallest absolute Gasteiger partial charge is 0.241 e. The van der Waals surface area contributed by atoms with Crippen LogP contribution in [0, 0.1) is 5.92 Å². The molecule has 0 aromatic rings. The first-order chi connectivity index (χ1) is 8.06. The predicted molar refractivity (Wildman–Crippen MR) is 71.7 cm³/mol. The number of carbonyl (C=O) groups is 1. The van der Waals surface area contributed by atoms with Gasteiger partial charge in [0, 0.05) is 6.04 Å². The van der Waals surface area contributed by atoms with Crippen LogP contribution in [0.25, 0.3) is 0 Å². The van der Waals surface area contributed by atoms with Crippen molar-refractivity contribution in [1.82, 2.24) is 10.2 Å². The molecule has 0 aromatic heterocycles. The topological polar surface area (TPSA) is 32.3 Å². The lowest BCUT2D eigenvalue weighted by atomic mass is 10.0. The average molecular weight is 240 g/mol. The van der Waals surface area contributed by atoms with Crippen LogP contribution in [0.15, 0.2) is 0 Å². The third kappa shape index (κ3) is 4.30. The first-order valence-electron chi connectivity index (χ1n) is 7.10. The number of hydrogen-bond acceptors (Lipinski definition) is 2. The zero-order valence-corrected chi connectivity index (χ0v) is 11.8. The van der Waals surface area contributed by atoms with E-state index in [0.717, 1.165) is 38.3 Å². The molecule has 0 bridgehead atoms. The van der Waals surface area contributed by atoms with Gasteiger partial charge in [-0.05, 0) is 32.1 Å². The summed E-state index contributed by atoms with van der Waals surface area (Å²) in [6.07, 6.45) is 5.60. The number of rotatable bonds is 7. The molecule has 1 fully saturated rings. The summed E-state index contributed by atoms with van der Waals surface area (Å²) in [7, 11) is 0. The molecule has 1 amide bonds. The van der Waals surface area contributed by atoms with Crippen molar-refractivity contribution < 1.29 is 4.79 Å². The Morgan fingerprint density at radius 3 is 2.65 bits per heavy atom. The Labute approximate surface area is 106 Å². The van der Waals surface area contributed by atoms with E-state index >= 15 is 0 Å². The standard InChI is InChI=1S/C14H28N2O/c1-5-6-7-13-14(17)16(10-15-13)12(4)9-8-11(2)3/h11-13,15H,5-10H2,1-4H3.